The summed E-state index contributed by atoms with van der Waals surface area (Å²) in [6.45, 7) is 4.76. The lowest BCUT2D eigenvalue weighted by Gasteiger charge is -1.98. The maximum Gasteiger partial charge on any atom is 0.0269 e. The summed E-state index contributed by atoms with van der Waals surface area (Å²) in [7, 11) is -0.661. The molecule has 0 bridgehead atoms. The molecular formula is C9H19NOS. The smallest absolute Gasteiger partial charge is 0.0269 e. The molecule has 0 radical (unpaired) electrons. The number of hydrogen-bond acceptors (Lipinski definition) is 2. The summed E-state index contributed by atoms with van der Waals surface area (Å²) < 4.78 is 11.2. The molecule has 0 heterocycles. The van der Waals surface area contributed by atoms with Gasteiger partial charge in [-0.15, -0.1) is 0 Å². The highest BCUT2D eigenvalue weighted by Gasteiger charge is 1.96. The van der Waals surface area contributed by atoms with Gasteiger partial charge in [0.15, 0.2) is 0 Å². The molecule has 0 rings (SSSR count). The second-order valence-corrected chi connectivity index (χ2v) is 4.76. The number of nitrogens with two attached hydrogens (primary N) is 1. The van der Waals surface area contributed by atoms with Crippen molar-refractivity contribution in [1.29, 1.82) is 0 Å². The summed E-state index contributed by atoms with van der Waals surface area (Å²) >= 11 is 0. The third-order valence-electron chi connectivity index (χ3n) is 1.47. The van der Waals surface area contributed by atoms with E-state index in [0.29, 0.717) is 6.54 Å². The lowest BCUT2D eigenvalue weighted by atomic mass is 10.3. The third kappa shape index (κ3) is 7.95. The molecule has 0 aromatic heterocycles. The Morgan fingerprint density at radius 3 is 2.58 bits per heavy atom. The molecule has 0 aliphatic heterocycles. The second-order valence-electron chi connectivity index (χ2n) is 3.06. The molecule has 1 unspecified atom stereocenters. The van der Waals surface area contributed by atoms with Gasteiger partial charge in [0, 0.05) is 22.3 Å². The fourth-order valence-electron chi connectivity index (χ4n) is 0.825. The maximum absolute atomic E-state index is 11.2. The van der Waals surface area contributed by atoms with Gasteiger partial charge in [-0.2, -0.15) is 0 Å². The molecule has 1 atom stereocenters. The van der Waals surface area contributed by atoms with Crippen LogP contribution in [0, 0.1) is 0 Å². The maximum atomic E-state index is 11.2. The van der Waals surface area contributed by atoms with Gasteiger partial charge in [-0.05, 0) is 33.2 Å². The van der Waals surface area contributed by atoms with Gasteiger partial charge in [-0.1, -0.05) is 11.6 Å². The average molecular weight is 189 g/mol. The normalized spacial score (nSPS) is 12.6. The van der Waals surface area contributed by atoms with Crippen molar-refractivity contribution in [2.24, 2.45) is 5.73 Å². The molecule has 0 aliphatic rings. The molecule has 0 aliphatic carbocycles. The first kappa shape index (κ1) is 11.8. The Morgan fingerprint density at radius 1 is 1.42 bits per heavy atom. The monoisotopic (exact) mass is 189 g/mol. The molecule has 0 amide bonds. The van der Waals surface area contributed by atoms with E-state index in [2.05, 4.69) is 19.9 Å². The minimum absolute atomic E-state index is 0.647. The molecule has 0 fully saturated rings. The van der Waals surface area contributed by atoms with Crippen molar-refractivity contribution in [2.75, 3.05) is 18.1 Å². The highest BCUT2D eigenvalue weighted by Crippen LogP contribution is 1.96. The number of hydrogen-bond donors (Lipinski definition) is 1. The van der Waals surface area contributed by atoms with E-state index in [1.165, 1.54) is 5.57 Å². The Balaban J connectivity index is 3.38. The van der Waals surface area contributed by atoms with Crippen LogP contribution in [0.1, 0.15) is 26.7 Å². The molecule has 0 spiro atoms. The zero-order chi connectivity index (χ0) is 9.40. The average Bonchev–Trinajstić information content (AvgIpc) is 2.00. The van der Waals surface area contributed by atoms with Crippen LogP contribution < -0.4 is 5.73 Å². The molecule has 72 valence electrons. The summed E-state index contributed by atoms with van der Waals surface area (Å²) in [5, 5.41) is 0. The van der Waals surface area contributed by atoms with E-state index in [9.17, 15) is 4.21 Å². The molecule has 0 saturated heterocycles. The van der Waals surface area contributed by atoms with E-state index in [0.717, 1.165) is 24.3 Å². The molecule has 0 aromatic carbocycles. The van der Waals surface area contributed by atoms with Gasteiger partial charge < -0.3 is 5.73 Å². The zero-order valence-corrected chi connectivity index (χ0v) is 8.82. The minimum atomic E-state index is -0.661. The SMILES string of the molecule is CC(C)=CCCS(=O)CCCN. The van der Waals surface area contributed by atoms with Crippen molar-refractivity contribution in [1.82, 2.24) is 0 Å². The van der Waals surface area contributed by atoms with Crippen molar-refractivity contribution in [3.63, 3.8) is 0 Å². The van der Waals surface area contributed by atoms with Crippen molar-refractivity contribution in [3.05, 3.63) is 11.6 Å². The Bertz CT molecular complexity index is 162. The van der Waals surface area contributed by atoms with Crippen molar-refractivity contribution in [3.8, 4) is 0 Å². The standard InChI is InChI=1S/C9H19NOS/c1-9(2)5-3-7-12(11)8-4-6-10/h5H,3-4,6-8,10H2,1-2H3. The van der Waals surface area contributed by atoms with E-state index in [1.807, 2.05) is 0 Å². The van der Waals surface area contributed by atoms with Gasteiger partial charge in [0.1, 0.15) is 0 Å². The number of allylic oxidation sites excluding steroid dienone is 2. The van der Waals surface area contributed by atoms with Crippen molar-refractivity contribution < 1.29 is 4.21 Å². The van der Waals surface area contributed by atoms with Crippen LogP contribution in [0.15, 0.2) is 11.6 Å². The van der Waals surface area contributed by atoms with Crippen LogP contribution in [0.3, 0.4) is 0 Å². The Hall–Kier alpha value is -0.150. The molecule has 0 saturated carbocycles. The Kier molecular flexibility index (Phi) is 7.40. The molecular weight excluding hydrogens is 170 g/mol. The van der Waals surface area contributed by atoms with Crippen LogP contribution in [-0.2, 0) is 10.8 Å². The van der Waals surface area contributed by atoms with Gasteiger partial charge in [0.2, 0.25) is 0 Å². The van der Waals surface area contributed by atoms with Gasteiger partial charge in [0.05, 0.1) is 0 Å². The Morgan fingerprint density at radius 2 is 2.08 bits per heavy atom. The minimum Gasteiger partial charge on any atom is -0.330 e. The van der Waals surface area contributed by atoms with E-state index < -0.39 is 10.8 Å². The molecule has 12 heavy (non-hydrogen) atoms. The lowest BCUT2D eigenvalue weighted by Crippen LogP contribution is -2.08. The summed E-state index contributed by atoms with van der Waals surface area (Å²) in [6, 6.07) is 0. The second kappa shape index (κ2) is 7.50. The third-order valence-corrected chi connectivity index (χ3v) is 2.91. The fourth-order valence-corrected chi connectivity index (χ4v) is 1.90. The van der Waals surface area contributed by atoms with Crippen LogP contribution in [0.4, 0.5) is 0 Å². The summed E-state index contributed by atoms with van der Waals surface area (Å²) in [6.07, 6.45) is 3.93. The summed E-state index contributed by atoms with van der Waals surface area (Å²) in [5.74, 6) is 1.54. The summed E-state index contributed by atoms with van der Waals surface area (Å²) in [5.41, 5.74) is 6.60. The molecule has 2 nitrogen and oxygen atoms in total. The van der Waals surface area contributed by atoms with Gasteiger partial charge in [0.25, 0.3) is 0 Å². The van der Waals surface area contributed by atoms with Crippen LogP contribution in [0.5, 0.6) is 0 Å². The summed E-state index contributed by atoms with van der Waals surface area (Å²) in [4.78, 5) is 0. The van der Waals surface area contributed by atoms with E-state index in [-0.39, 0.29) is 0 Å². The first-order valence-electron chi connectivity index (χ1n) is 4.35. The van der Waals surface area contributed by atoms with Crippen molar-refractivity contribution >= 4 is 10.8 Å². The van der Waals surface area contributed by atoms with Crippen LogP contribution in [0.25, 0.3) is 0 Å². The van der Waals surface area contributed by atoms with Gasteiger partial charge in [-0.3, -0.25) is 4.21 Å². The zero-order valence-electron chi connectivity index (χ0n) is 8.01. The first-order valence-corrected chi connectivity index (χ1v) is 5.84. The lowest BCUT2D eigenvalue weighted by molar-refractivity contribution is 0.680. The fraction of sp³-hybridized carbons (Fsp3) is 0.778. The van der Waals surface area contributed by atoms with Crippen LogP contribution >= 0.6 is 0 Å². The quantitative estimate of drug-likeness (QED) is 0.642. The van der Waals surface area contributed by atoms with Crippen molar-refractivity contribution in [2.45, 2.75) is 26.7 Å². The molecule has 2 N–H and O–H groups in total. The first-order chi connectivity index (χ1) is 5.66. The predicted octanol–water partition coefficient (Wildman–Crippen LogP) is 1.44. The van der Waals surface area contributed by atoms with Crippen LogP contribution in [-0.4, -0.2) is 22.3 Å². The largest absolute Gasteiger partial charge is 0.330 e. The highest BCUT2D eigenvalue weighted by atomic mass is 32.2. The topological polar surface area (TPSA) is 43.1 Å². The highest BCUT2D eigenvalue weighted by molar-refractivity contribution is 7.84. The molecule has 0 aromatic rings. The van der Waals surface area contributed by atoms with E-state index in [4.69, 9.17) is 5.73 Å². The van der Waals surface area contributed by atoms with Crippen LogP contribution in [0.2, 0.25) is 0 Å². The molecule has 3 heteroatoms. The van der Waals surface area contributed by atoms with E-state index >= 15 is 0 Å². The van der Waals surface area contributed by atoms with E-state index in [1.54, 1.807) is 0 Å². The Labute approximate surface area is 77.7 Å². The predicted molar refractivity (Wildman–Crippen MR) is 55.6 cm³/mol. The van der Waals surface area contributed by atoms with Gasteiger partial charge >= 0.3 is 0 Å². The van der Waals surface area contributed by atoms with Gasteiger partial charge in [-0.25, -0.2) is 0 Å². The number of rotatable bonds is 6.